The fourth-order valence-corrected chi connectivity index (χ4v) is 4.15. The average Bonchev–Trinajstić information content (AvgIpc) is 2.89. The zero-order chi connectivity index (χ0) is 13.7. The van der Waals surface area contributed by atoms with E-state index in [0.29, 0.717) is 0 Å². The summed E-state index contributed by atoms with van der Waals surface area (Å²) in [4.78, 5) is 5.36. The summed E-state index contributed by atoms with van der Waals surface area (Å²) in [6, 6.07) is 1.58. The number of hydrogen-bond donors (Lipinski definition) is 1. The summed E-state index contributed by atoms with van der Waals surface area (Å²) in [6.07, 6.45) is 7.05. The molecule has 1 aliphatic carbocycles. The van der Waals surface area contributed by atoms with Crippen molar-refractivity contribution in [3.05, 3.63) is 0 Å². The number of hydrogen-bond acceptors (Lipinski definition) is 3. The molecule has 1 heterocycles. The summed E-state index contributed by atoms with van der Waals surface area (Å²) in [6.45, 7) is 10.9. The third-order valence-corrected chi connectivity index (χ3v) is 5.35. The first-order chi connectivity index (χ1) is 9.28. The zero-order valence-electron chi connectivity index (χ0n) is 13.2. The van der Waals surface area contributed by atoms with E-state index in [2.05, 4.69) is 36.0 Å². The first kappa shape index (κ1) is 15.3. The minimum Gasteiger partial charge on any atom is -0.317 e. The summed E-state index contributed by atoms with van der Waals surface area (Å²) in [5.74, 6) is 0.884. The first-order valence-electron chi connectivity index (χ1n) is 8.42. The quantitative estimate of drug-likeness (QED) is 0.796. The molecule has 1 N–H and O–H groups in total. The molecule has 0 spiro atoms. The van der Waals surface area contributed by atoms with Crippen molar-refractivity contribution in [2.24, 2.45) is 5.92 Å². The number of likely N-dealkylation sites (tertiary alicyclic amines) is 1. The lowest BCUT2D eigenvalue weighted by Gasteiger charge is -2.34. The van der Waals surface area contributed by atoms with E-state index in [4.69, 9.17) is 0 Å². The van der Waals surface area contributed by atoms with E-state index < -0.39 is 0 Å². The second kappa shape index (κ2) is 7.61. The number of likely N-dealkylation sites (N-methyl/N-ethyl adjacent to an activating group) is 1. The van der Waals surface area contributed by atoms with Gasteiger partial charge in [0.15, 0.2) is 0 Å². The average molecular weight is 267 g/mol. The molecule has 19 heavy (non-hydrogen) atoms. The van der Waals surface area contributed by atoms with E-state index in [-0.39, 0.29) is 0 Å². The second-order valence-electron chi connectivity index (χ2n) is 6.36. The monoisotopic (exact) mass is 267 g/mol. The van der Waals surface area contributed by atoms with Crippen molar-refractivity contribution in [3.8, 4) is 0 Å². The standard InChI is InChI=1S/C16H33N3/c1-4-19(5-2)15-10-11-18(13-15)12-14-8-6-7-9-16(14)17-3/h14-17H,4-13H2,1-3H3. The molecule has 0 aromatic heterocycles. The fraction of sp³-hybridized carbons (Fsp3) is 1.00. The lowest BCUT2D eigenvalue weighted by Crippen LogP contribution is -2.43. The highest BCUT2D eigenvalue weighted by Crippen LogP contribution is 2.27. The van der Waals surface area contributed by atoms with Crippen molar-refractivity contribution in [3.63, 3.8) is 0 Å². The Labute approximate surface area is 119 Å². The van der Waals surface area contributed by atoms with Crippen LogP contribution < -0.4 is 5.32 Å². The van der Waals surface area contributed by atoms with E-state index >= 15 is 0 Å². The van der Waals surface area contributed by atoms with Crippen molar-refractivity contribution in [2.45, 2.75) is 58.0 Å². The molecule has 2 aliphatic rings. The molecule has 112 valence electrons. The molecular formula is C16H33N3. The van der Waals surface area contributed by atoms with Crippen LogP contribution in [0.2, 0.25) is 0 Å². The summed E-state index contributed by atoms with van der Waals surface area (Å²) in [5, 5.41) is 3.55. The highest BCUT2D eigenvalue weighted by molar-refractivity contribution is 4.87. The van der Waals surface area contributed by atoms with Crippen molar-refractivity contribution in [1.82, 2.24) is 15.1 Å². The van der Waals surface area contributed by atoms with Crippen molar-refractivity contribution in [2.75, 3.05) is 39.8 Å². The normalized spacial score (nSPS) is 33.2. The fourth-order valence-electron chi connectivity index (χ4n) is 4.15. The van der Waals surface area contributed by atoms with E-state index in [1.54, 1.807) is 0 Å². The van der Waals surface area contributed by atoms with Gasteiger partial charge in [-0.15, -0.1) is 0 Å². The van der Waals surface area contributed by atoms with Gasteiger partial charge in [-0.2, -0.15) is 0 Å². The molecule has 0 aromatic rings. The Morgan fingerprint density at radius 1 is 1.11 bits per heavy atom. The Hall–Kier alpha value is -0.120. The van der Waals surface area contributed by atoms with Crippen LogP contribution in [0.3, 0.4) is 0 Å². The van der Waals surface area contributed by atoms with E-state index in [9.17, 15) is 0 Å². The lowest BCUT2D eigenvalue weighted by molar-refractivity contribution is 0.173. The van der Waals surface area contributed by atoms with Crippen LogP contribution in [0.25, 0.3) is 0 Å². The third-order valence-electron chi connectivity index (χ3n) is 5.35. The predicted molar refractivity (Wildman–Crippen MR) is 82.6 cm³/mol. The van der Waals surface area contributed by atoms with E-state index in [1.165, 1.54) is 64.8 Å². The molecule has 1 saturated heterocycles. The van der Waals surface area contributed by atoms with Gasteiger partial charge in [0.25, 0.3) is 0 Å². The van der Waals surface area contributed by atoms with Gasteiger partial charge < -0.3 is 10.2 Å². The van der Waals surface area contributed by atoms with Crippen molar-refractivity contribution < 1.29 is 0 Å². The number of nitrogens with one attached hydrogen (secondary N) is 1. The van der Waals surface area contributed by atoms with Crippen molar-refractivity contribution in [1.29, 1.82) is 0 Å². The van der Waals surface area contributed by atoms with Crippen LogP contribution in [0, 0.1) is 5.92 Å². The topological polar surface area (TPSA) is 18.5 Å². The summed E-state index contributed by atoms with van der Waals surface area (Å²) in [7, 11) is 2.14. The number of nitrogens with zero attached hydrogens (tertiary/aromatic N) is 2. The van der Waals surface area contributed by atoms with Gasteiger partial charge in [-0.25, -0.2) is 0 Å². The van der Waals surface area contributed by atoms with Gasteiger partial charge in [0, 0.05) is 25.2 Å². The SMILES string of the molecule is CCN(CC)C1CCN(CC2CCCCC2NC)C1. The Bertz CT molecular complexity index is 252. The molecule has 3 atom stereocenters. The Morgan fingerprint density at radius 2 is 1.84 bits per heavy atom. The Morgan fingerprint density at radius 3 is 2.53 bits per heavy atom. The molecule has 3 nitrogen and oxygen atoms in total. The van der Waals surface area contributed by atoms with Gasteiger partial charge in [0.05, 0.1) is 0 Å². The molecule has 1 saturated carbocycles. The predicted octanol–water partition coefficient (Wildman–Crippen LogP) is 2.18. The van der Waals surface area contributed by atoms with Crippen molar-refractivity contribution >= 4 is 0 Å². The summed E-state index contributed by atoms with van der Waals surface area (Å²) < 4.78 is 0. The summed E-state index contributed by atoms with van der Waals surface area (Å²) in [5.41, 5.74) is 0. The molecule has 0 aromatic carbocycles. The Kier molecular flexibility index (Phi) is 6.11. The molecule has 0 amide bonds. The third kappa shape index (κ3) is 3.93. The van der Waals surface area contributed by atoms with Crippen LogP contribution in [0.15, 0.2) is 0 Å². The molecule has 0 radical (unpaired) electrons. The largest absolute Gasteiger partial charge is 0.317 e. The zero-order valence-corrected chi connectivity index (χ0v) is 13.2. The van der Waals surface area contributed by atoms with Crippen LogP contribution in [-0.2, 0) is 0 Å². The molecule has 3 unspecified atom stereocenters. The lowest BCUT2D eigenvalue weighted by atomic mass is 9.84. The van der Waals surface area contributed by atoms with Gasteiger partial charge in [-0.3, -0.25) is 4.90 Å². The van der Waals surface area contributed by atoms with Crippen LogP contribution in [-0.4, -0.2) is 61.7 Å². The Balaban J connectivity index is 1.80. The highest BCUT2D eigenvalue weighted by Gasteiger charge is 2.30. The first-order valence-corrected chi connectivity index (χ1v) is 8.42. The maximum Gasteiger partial charge on any atom is 0.0235 e. The van der Waals surface area contributed by atoms with Gasteiger partial charge in [-0.1, -0.05) is 26.7 Å². The maximum absolute atomic E-state index is 3.55. The molecular weight excluding hydrogens is 234 g/mol. The van der Waals surface area contributed by atoms with Crippen LogP contribution in [0.4, 0.5) is 0 Å². The maximum atomic E-state index is 3.55. The smallest absolute Gasteiger partial charge is 0.0235 e. The molecule has 2 rings (SSSR count). The minimum absolute atomic E-state index is 0.765. The van der Waals surface area contributed by atoms with Crippen LogP contribution in [0.5, 0.6) is 0 Å². The van der Waals surface area contributed by atoms with Gasteiger partial charge in [-0.05, 0) is 51.9 Å². The summed E-state index contributed by atoms with van der Waals surface area (Å²) >= 11 is 0. The van der Waals surface area contributed by atoms with E-state index in [1.807, 2.05) is 0 Å². The molecule has 3 heteroatoms. The van der Waals surface area contributed by atoms with Gasteiger partial charge in [0.2, 0.25) is 0 Å². The van der Waals surface area contributed by atoms with Gasteiger partial charge >= 0.3 is 0 Å². The van der Waals surface area contributed by atoms with Gasteiger partial charge in [0.1, 0.15) is 0 Å². The molecule has 0 bridgehead atoms. The van der Waals surface area contributed by atoms with Crippen LogP contribution >= 0.6 is 0 Å². The second-order valence-corrected chi connectivity index (χ2v) is 6.36. The number of rotatable bonds is 6. The molecule has 2 fully saturated rings. The van der Waals surface area contributed by atoms with E-state index in [0.717, 1.165) is 18.0 Å². The molecule has 1 aliphatic heterocycles. The minimum atomic E-state index is 0.765. The highest BCUT2D eigenvalue weighted by atomic mass is 15.2. The van der Waals surface area contributed by atoms with Crippen LogP contribution in [0.1, 0.15) is 46.0 Å².